The summed E-state index contributed by atoms with van der Waals surface area (Å²) in [5.74, 6) is -0.438. The van der Waals surface area contributed by atoms with Crippen LogP contribution in [0.5, 0.6) is 0 Å². The molecule has 1 N–H and O–H groups in total. The first-order chi connectivity index (χ1) is 14.6. The SMILES string of the molecule is CCCNC(=O)c1ccc2c(c1)N(Cc1ccccc1)C(=O)c1ccccc1S2=O. The first kappa shape index (κ1) is 20.0. The zero-order chi connectivity index (χ0) is 21.1. The van der Waals surface area contributed by atoms with E-state index in [0.717, 1.165) is 12.0 Å². The van der Waals surface area contributed by atoms with Crippen LogP contribution in [-0.4, -0.2) is 22.6 Å². The van der Waals surface area contributed by atoms with Crippen molar-refractivity contribution in [1.82, 2.24) is 5.32 Å². The molecule has 0 aliphatic carbocycles. The summed E-state index contributed by atoms with van der Waals surface area (Å²) < 4.78 is 13.4. The molecule has 1 unspecified atom stereocenters. The van der Waals surface area contributed by atoms with Crippen molar-refractivity contribution in [3.05, 3.63) is 89.5 Å². The summed E-state index contributed by atoms with van der Waals surface area (Å²) in [7, 11) is -1.53. The summed E-state index contributed by atoms with van der Waals surface area (Å²) in [5.41, 5.74) is 2.31. The zero-order valence-corrected chi connectivity index (χ0v) is 17.4. The molecule has 1 heterocycles. The van der Waals surface area contributed by atoms with Crippen LogP contribution in [0.3, 0.4) is 0 Å². The summed E-state index contributed by atoms with van der Waals surface area (Å²) in [4.78, 5) is 28.7. The highest BCUT2D eigenvalue weighted by atomic mass is 32.2. The molecule has 6 heteroatoms. The van der Waals surface area contributed by atoms with Crippen molar-refractivity contribution in [2.45, 2.75) is 29.7 Å². The van der Waals surface area contributed by atoms with Crippen molar-refractivity contribution in [1.29, 1.82) is 0 Å². The molecule has 0 bridgehead atoms. The molecule has 1 aliphatic rings. The molecular formula is C24H22N2O3S. The number of carbonyl (C=O) groups is 2. The summed E-state index contributed by atoms with van der Waals surface area (Å²) in [6, 6.07) is 21.6. The Labute approximate surface area is 178 Å². The molecule has 0 aromatic heterocycles. The van der Waals surface area contributed by atoms with Crippen LogP contribution >= 0.6 is 0 Å². The summed E-state index contributed by atoms with van der Waals surface area (Å²) in [6.07, 6.45) is 0.828. The van der Waals surface area contributed by atoms with Gasteiger partial charge in [0, 0.05) is 12.1 Å². The van der Waals surface area contributed by atoms with E-state index in [-0.39, 0.29) is 11.8 Å². The summed E-state index contributed by atoms with van der Waals surface area (Å²) >= 11 is 0. The number of amides is 2. The fourth-order valence-corrected chi connectivity index (χ4v) is 4.81. The second kappa shape index (κ2) is 8.63. The van der Waals surface area contributed by atoms with Crippen LogP contribution < -0.4 is 10.2 Å². The van der Waals surface area contributed by atoms with E-state index in [0.29, 0.717) is 39.7 Å². The minimum absolute atomic E-state index is 0.209. The lowest BCUT2D eigenvalue weighted by Gasteiger charge is -2.23. The standard InChI is InChI=1S/C24H22N2O3S/c1-2-14-25-23(27)18-12-13-22-20(15-18)26(16-17-8-4-3-5-9-17)24(28)19-10-6-7-11-21(19)30(22)29/h3-13,15H,2,14,16H2,1H3,(H,25,27). The second-order valence-electron chi connectivity index (χ2n) is 7.08. The molecule has 3 aromatic rings. The van der Waals surface area contributed by atoms with Gasteiger partial charge in [-0.15, -0.1) is 0 Å². The topological polar surface area (TPSA) is 66.5 Å². The van der Waals surface area contributed by atoms with Gasteiger partial charge >= 0.3 is 0 Å². The molecule has 4 rings (SSSR count). The third-order valence-electron chi connectivity index (χ3n) is 4.99. The highest BCUT2D eigenvalue weighted by molar-refractivity contribution is 7.85. The lowest BCUT2D eigenvalue weighted by atomic mass is 10.1. The minimum Gasteiger partial charge on any atom is -0.352 e. The zero-order valence-electron chi connectivity index (χ0n) is 16.6. The lowest BCUT2D eigenvalue weighted by Crippen LogP contribution is -2.31. The Morgan fingerprint density at radius 1 is 0.967 bits per heavy atom. The third-order valence-corrected chi connectivity index (χ3v) is 6.49. The Bertz CT molecular complexity index is 1130. The van der Waals surface area contributed by atoms with E-state index >= 15 is 0 Å². The monoisotopic (exact) mass is 418 g/mol. The van der Waals surface area contributed by atoms with E-state index in [1.54, 1.807) is 47.4 Å². The van der Waals surface area contributed by atoms with Crippen LogP contribution in [0.25, 0.3) is 0 Å². The van der Waals surface area contributed by atoms with E-state index in [2.05, 4.69) is 5.32 Å². The number of benzene rings is 3. The smallest absolute Gasteiger partial charge is 0.259 e. The first-order valence-electron chi connectivity index (χ1n) is 9.89. The highest BCUT2D eigenvalue weighted by Gasteiger charge is 2.31. The molecule has 0 saturated heterocycles. The number of anilines is 1. The van der Waals surface area contributed by atoms with E-state index in [1.165, 1.54) is 0 Å². The van der Waals surface area contributed by atoms with Crippen molar-refractivity contribution in [3.8, 4) is 0 Å². The fraction of sp³-hybridized carbons (Fsp3) is 0.167. The molecule has 0 radical (unpaired) electrons. The average Bonchev–Trinajstić information content (AvgIpc) is 2.87. The Balaban J connectivity index is 1.85. The van der Waals surface area contributed by atoms with Crippen LogP contribution in [-0.2, 0) is 17.3 Å². The van der Waals surface area contributed by atoms with Crippen LogP contribution in [0.15, 0.2) is 82.6 Å². The average molecular weight is 419 g/mol. The molecule has 3 aromatic carbocycles. The lowest BCUT2D eigenvalue weighted by molar-refractivity contribution is 0.0950. The Kier molecular flexibility index (Phi) is 5.77. The highest BCUT2D eigenvalue weighted by Crippen LogP contribution is 2.36. The minimum atomic E-state index is -1.53. The van der Waals surface area contributed by atoms with Crippen molar-refractivity contribution in [3.63, 3.8) is 0 Å². The molecule has 5 nitrogen and oxygen atoms in total. The number of nitrogens with zero attached hydrogens (tertiary/aromatic N) is 1. The van der Waals surface area contributed by atoms with Gasteiger partial charge in [-0.05, 0) is 42.3 Å². The number of hydrogen-bond acceptors (Lipinski definition) is 3. The van der Waals surface area contributed by atoms with E-state index in [4.69, 9.17) is 0 Å². The molecule has 0 saturated carbocycles. The van der Waals surface area contributed by atoms with Gasteiger partial charge in [0.15, 0.2) is 0 Å². The van der Waals surface area contributed by atoms with Gasteiger partial charge in [0.1, 0.15) is 0 Å². The normalized spacial score (nSPS) is 15.2. The number of hydrogen-bond donors (Lipinski definition) is 1. The van der Waals surface area contributed by atoms with Gasteiger partial charge < -0.3 is 10.2 Å². The van der Waals surface area contributed by atoms with E-state index in [9.17, 15) is 13.8 Å². The van der Waals surface area contributed by atoms with Gasteiger partial charge in [-0.1, -0.05) is 49.4 Å². The third kappa shape index (κ3) is 3.78. The van der Waals surface area contributed by atoms with Crippen molar-refractivity contribution >= 4 is 28.3 Å². The largest absolute Gasteiger partial charge is 0.352 e. The number of carbonyl (C=O) groups excluding carboxylic acids is 2. The van der Waals surface area contributed by atoms with Gasteiger partial charge in [0.05, 0.1) is 38.4 Å². The van der Waals surface area contributed by atoms with Crippen LogP contribution in [0.1, 0.15) is 39.6 Å². The summed E-state index contributed by atoms with van der Waals surface area (Å²) in [6.45, 7) is 2.87. The molecule has 30 heavy (non-hydrogen) atoms. The quantitative estimate of drug-likeness (QED) is 0.677. The molecular weight excluding hydrogens is 396 g/mol. The number of rotatable bonds is 5. The van der Waals surface area contributed by atoms with Crippen LogP contribution in [0, 0.1) is 0 Å². The molecule has 0 spiro atoms. The molecule has 2 amide bonds. The Hall–Kier alpha value is -3.25. The Morgan fingerprint density at radius 2 is 1.70 bits per heavy atom. The molecule has 152 valence electrons. The Morgan fingerprint density at radius 3 is 2.47 bits per heavy atom. The van der Waals surface area contributed by atoms with E-state index in [1.807, 2.05) is 37.3 Å². The van der Waals surface area contributed by atoms with Crippen molar-refractivity contribution in [2.24, 2.45) is 0 Å². The van der Waals surface area contributed by atoms with Gasteiger partial charge in [-0.25, -0.2) is 4.21 Å². The van der Waals surface area contributed by atoms with Gasteiger partial charge in [-0.3, -0.25) is 9.59 Å². The van der Waals surface area contributed by atoms with Gasteiger partial charge in [0.2, 0.25) is 0 Å². The fourth-order valence-electron chi connectivity index (χ4n) is 3.47. The predicted octanol–water partition coefficient (Wildman–Crippen LogP) is 4.15. The van der Waals surface area contributed by atoms with Crippen LogP contribution in [0.2, 0.25) is 0 Å². The van der Waals surface area contributed by atoms with Crippen molar-refractivity contribution in [2.75, 3.05) is 11.4 Å². The predicted molar refractivity (Wildman–Crippen MR) is 117 cm³/mol. The molecule has 1 aliphatic heterocycles. The first-order valence-corrected chi connectivity index (χ1v) is 11.0. The number of nitrogens with one attached hydrogen (secondary N) is 1. The second-order valence-corrected chi connectivity index (χ2v) is 8.50. The maximum absolute atomic E-state index is 13.5. The number of fused-ring (bicyclic) bond motifs is 2. The summed E-state index contributed by atoms with van der Waals surface area (Å²) in [5, 5.41) is 2.86. The van der Waals surface area contributed by atoms with Crippen LogP contribution in [0.4, 0.5) is 5.69 Å². The molecule has 1 atom stereocenters. The van der Waals surface area contributed by atoms with E-state index < -0.39 is 10.8 Å². The van der Waals surface area contributed by atoms with Gasteiger partial charge in [0.25, 0.3) is 11.8 Å². The maximum atomic E-state index is 13.5. The molecule has 0 fully saturated rings. The van der Waals surface area contributed by atoms with Gasteiger partial charge in [-0.2, -0.15) is 0 Å². The van der Waals surface area contributed by atoms with Crippen molar-refractivity contribution < 1.29 is 13.8 Å². The maximum Gasteiger partial charge on any atom is 0.259 e.